The molecule has 1 heterocycles. The van der Waals surface area contributed by atoms with Crippen LogP contribution in [-0.4, -0.2) is 62.9 Å². The summed E-state index contributed by atoms with van der Waals surface area (Å²) in [5, 5.41) is 0. The van der Waals surface area contributed by atoms with Gasteiger partial charge in [0.15, 0.2) is 0 Å². The Labute approximate surface area is 156 Å². The molecular formula is C19H28N2O4S. The zero-order valence-electron chi connectivity index (χ0n) is 15.6. The second kappa shape index (κ2) is 8.06. The molecule has 0 aromatic heterocycles. The lowest BCUT2D eigenvalue weighted by Crippen LogP contribution is -2.40. The number of nitrogens with zero attached hydrogens (tertiary/aromatic N) is 2. The minimum atomic E-state index is -3.52. The van der Waals surface area contributed by atoms with E-state index in [-0.39, 0.29) is 16.8 Å². The molecule has 0 atom stereocenters. The first kappa shape index (κ1) is 19.3. The molecule has 1 aliphatic heterocycles. The summed E-state index contributed by atoms with van der Waals surface area (Å²) in [6, 6.07) is 6.59. The highest BCUT2D eigenvalue weighted by molar-refractivity contribution is 7.89. The fraction of sp³-hybridized carbons (Fsp3) is 0.632. The van der Waals surface area contributed by atoms with Crippen LogP contribution in [0.25, 0.3) is 0 Å². The van der Waals surface area contributed by atoms with Crippen molar-refractivity contribution in [3.63, 3.8) is 0 Å². The lowest BCUT2D eigenvalue weighted by molar-refractivity contribution is 0.0679. The topological polar surface area (TPSA) is 66.9 Å². The number of ether oxygens (including phenoxy) is 1. The normalized spacial score (nSPS) is 25.0. The molecule has 0 bridgehead atoms. The van der Waals surface area contributed by atoms with E-state index in [9.17, 15) is 13.2 Å². The molecule has 0 spiro atoms. The minimum absolute atomic E-state index is 0.0418. The molecule has 3 rings (SSSR count). The number of amides is 1. The van der Waals surface area contributed by atoms with E-state index in [0.29, 0.717) is 31.9 Å². The molecule has 1 aromatic carbocycles. The van der Waals surface area contributed by atoms with Gasteiger partial charge in [0.2, 0.25) is 10.0 Å². The third-order valence-corrected chi connectivity index (χ3v) is 7.48. The van der Waals surface area contributed by atoms with Crippen LogP contribution >= 0.6 is 0 Å². The van der Waals surface area contributed by atoms with Crippen LogP contribution in [0.2, 0.25) is 0 Å². The second-order valence-corrected chi connectivity index (χ2v) is 9.31. The van der Waals surface area contributed by atoms with Crippen molar-refractivity contribution in [3.8, 4) is 0 Å². The molecule has 1 saturated carbocycles. The summed E-state index contributed by atoms with van der Waals surface area (Å²) in [4.78, 5) is 14.8. The van der Waals surface area contributed by atoms with E-state index >= 15 is 0 Å². The van der Waals surface area contributed by atoms with Crippen LogP contribution in [0.5, 0.6) is 0 Å². The molecule has 0 radical (unpaired) electrons. The maximum atomic E-state index is 12.7. The Bertz CT molecular complexity index is 718. The second-order valence-electron chi connectivity index (χ2n) is 7.37. The first-order valence-electron chi connectivity index (χ1n) is 9.34. The zero-order chi connectivity index (χ0) is 18.7. The Morgan fingerprint density at radius 3 is 2.23 bits per heavy atom. The molecule has 1 aliphatic carbocycles. The van der Waals surface area contributed by atoms with Crippen molar-refractivity contribution in [1.82, 2.24) is 9.21 Å². The van der Waals surface area contributed by atoms with E-state index < -0.39 is 10.0 Å². The van der Waals surface area contributed by atoms with Gasteiger partial charge >= 0.3 is 0 Å². The van der Waals surface area contributed by atoms with E-state index in [1.807, 2.05) is 11.9 Å². The first-order valence-corrected chi connectivity index (χ1v) is 10.8. The Balaban J connectivity index is 1.69. The monoisotopic (exact) mass is 380 g/mol. The minimum Gasteiger partial charge on any atom is -0.379 e. The lowest BCUT2D eigenvalue weighted by Gasteiger charge is -2.33. The van der Waals surface area contributed by atoms with Crippen LogP contribution in [0, 0.1) is 5.92 Å². The number of carbonyl (C=O) groups is 1. The van der Waals surface area contributed by atoms with Gasteiger partial charge in [-0.1, -0.05) is 6.92 Å². The number of sulfonamides is 1. The SMILES string of the molecule is CC1CCC(N(C)C(=O)c2ccc(S(=O)(=O)N3CCOCC3)cc2)CC1. The molecule has 1 aromatic rings. The van der Waals surface area contributed by atoms with Crippen molar-refractivity contribution >= 4 is 15.9 Å². The molecule has 7 heteroatoms. The molecule has 26 heavy (non-hydrogen) atoms. The summed E-state index contributed by atoms with van der Waals surface area (Å²) in [5.41, 5.74) is 0.534. The van der Waals surface area contributed by atoms with Gasteiger partial charge in [-0.15, -0.1) is 0 Å². The van der Waals surface area contributed by atoms with Crippen LogP contribution in [0.15, 0.2) is 29.2 Å². The molecule has 6 nitrogen and oxygen atoms in total. The van der Waals surface area contributed by atoms with E-state index in [0.717, 1.165) is 31.6 Å². The van der Waals surface area contributed by atoms with Gasteiger partial charge in [0.05, 0.1) is 18.1 Å². The van der Waals surface area contributed by atoms with Crippen molar-refractivity contribution in [2.45, 2.75) is 43.5 Å². The first-order chi connectivity index (χ1) is 12.4. The van der Waals surface area contributed by atoms with E-state index in [1.165, 1.54) is 16.4 Å². The van der Waals surface area contributed by atoms with Gasteiger partial charge in [0.25, 0.3) is 5.91 Å². The Morgan fingerprint density at radius 1 is 1.08 bits per heavy atom. The van der Waals surface area contributed by atoms with E-state index in [2.05, 4.69) is 6.92 Å². The average Bonchev–Trinajstić information content (AvgIpc) is 2.68. The fourth-order valence-electron chi connectivity index (χ4n) is 3.70. The predicted molar refractivity (Wildman–Crippen MR) is 99.5 cm³/mol. The number of carbonyl (C=O) groups excluding carboxylic acids is 1. The third kappa shape index (κ3) is 4.10. The summed E-state index contributed by atoms with van der Waals surface area (Å²) in [7, 11) is -1.67. The molecule has 1 saturated heterocycles. The summed E-state index contributed by atoms with van der Waals surface area (Å²) in [6.45, 7) is 3.82. The predicted octanol–water partition coefficient (Wildman–Crippen LogP) is 2.36. The molecule has 1 amide bonds. The van der Waals surface area contributed by atoms with Crippen molar-refractivity contribution in [3.05, 3.63) is 29.8 Å². The van der Waals surface area contributed by atoms with Gasteiger partial charge in [-0.25, -0.2) is 8.42 Å². The quantitative estimate of drug-likeness (QED) is 0.804. The number of benzene rings is 1. The van der Waals surface area contributed by atoms with Gasteiger partial charge in [-0.2, -0.15) is 4.31 Å². The van der Waals surface area contributed by atoms with Crippen molar-refractivity contribution in [2.24, 2.45) is 5.92 Å². The Morgan fingerprint density at radius 2 is 1.65 bits per heavy atom. The lowest BCUT2D eigenvalue weighted by atomic mass is 9.86. The maximum Gasteiger partial charge on any atom is 0.253 e. The van der Waals surface area contributed by atoms with Crippen molar-refractivity contribution in [2.75, 3.05) is 33.4 Å². The van der Waals surface area contributed by atoms with Crippen molar-refractivity contribution in [1.29, 1.82) is 0 Å². The van der Waals surface area contributed by atoms with Crippen LogP contribution in [0.3, 0.4) is 0 Å². The number of rotatable bonds is 4. The molecule has 144 valence electrons. The van der Waals surface area contributed by atoms with E-state index in [1.54, 1.807) is 12.1 Å². The number of hydrogen-bond donors (Lipinski definition) is 0. The fourth-order valence-corrected chi connectivity index (χ4v) is 5.11. The standard InChI is InChI=1S/C19H28N2O4S/c1-15-3-7-17(8-4-15)20(2)19(22)16-5-9-18(10-6-16)26(23,24)21-11-13-25-14-12-21/h5-6,9-10,15,17H,3-4,7-8,11-14H2,1-2H3. The van der Waals surface area contributed by atoms with Crippen LogP contribution in [0.1, 0.15) is 43.0 Å². The third-order valence-electron chi connectivity index (χ3n) is 5.56. The summed E-state index contributed by atoms with van der Waals surface area (Å²) in [6.07, 6.45) is 4.37. The average molecular weight is 381 g/mol. The summed E-state index contributed by atoms with van der Waals surface area (Å²) >= 11 is 0. The maximum absolute atomic E-state index is 12.7. The number of morpholine rings is 1. The van der Waals surface area contributed by atoms with Crippen LogP contribution in [0.4, 0.5) is 0 Å². The summed E-state index contributed by atoms with van der Waals surface area (Å²) in [5.74, 6) is 0.694. The van der Waals surface area contributed by atoms with Crippen molar-refractivity contribution < 1.29 is 17.9 Å². The Kier molecular flexibility index (Phi) is 5.99. The smallest absolute Gasteiger partial charge is 0.253 e. The van der Waals surface area contributed by atoms with Crippen LogP contribution < -0.4 is 0 Å². The number of hydrogen-bond acceptors (Lipinski definition) is 4. The van der Waals surface area contributed by atoms with Gasteiger partial charge in [-0.05, 0) is 55.9 Å². The van der Waals surface area contributed by atoms with E-state index in [4.69, 9.17) is 4.74 Å². The summed E-state index contributed by atoms with van der Waals surface area (Å²) < 4.78 is 32.0. The van der Waals surface area contributed by atoms with Gasteiger partial charge in [0, 0.05) is 31.7 Å². The molecule has 0 unspecified atom stereocenters. The largest absolute Gasteiger partial charge is 0.379 e. The highest BCUT2D eigenvalue weighted by atomic mass is 32.2. The van der Waals surface area contributed by atoms with Crippen LogP contribution in [-0.2, 0) is 14.8 Å². The molecule has 0 N–H and O–H groups in total. The molecule has 2 aliphatic rings. The highest BCUT2D eigenvalue weighted by Crippen LogP contribution is 2.27. The van der Waals surface area contributed by atoms with Gasteiger partial charge in [0.1, 0.15) is 0 Å². The zero-order valence-corrected chi connectivity index (χ0v) is 16.4. The van der Waals surface area contributed by atoms with Gasteiger partial charge in [-0.3, -0.25) is 4.79 Å². The molecule has 2 fully saturated rings. The highest BCUT2D eigenvalue weighted by Gasteiger charge is 2.28. The molecular weight excluding hydrogens is 352 g/mol. The Hall–Kier alpha value is -1.44. The van der Waals surface area contributed by atoms with Gasteiger partial charge < -0.3 is 9.64 Å².